The number of anilines is 2. The number of furan rings is 1. The molecule has 4 aromatic rings. The van der Waals surface area contributed by atoms with Crippen LogP contribution in [0.1, 0.15) is 27.4 Å². The minimum atomic E-state index is -3.86. The van der Waals surface area contributed by atoms with Crippen LogP contribution in [0.5, 0.6) is 0 Å². The van der Waals surface area contributed by atoms with Crippen LogP contribution in [0.25, 0.3) is 11.0 Å². The molecule has 2 heterocycles. The van der Waals surface area contributed by atoms with Crippen molar-refractivity contribution < 1.29 is 17.6 Å². The van der Waals surface area contributed by atoms with Gasteiger partial charge in [-0.1, -0.05) is 11.6 Å². The minimum absolute atomic E-state index is 0.00650. The molecule has 2 aromatic carbocycles. The summed E-state index contributed by atoms with van der Waals surface area (Å²) >= 11 is 0. The predicted octanol–water partition coefficient (Wildman–Crippen LogP) is 4.20. The molecule has 0 saturated heterocycles. The Kier molecular flexibility index (Phi) is 5.20. The number of aryl methyl sites for hydroxylation is 3. The smallest absolute Gasteiger partial charge is 0.291 e. The number of benzene rings is 2. The second-order valence-electron chi connectivity index (χ2n) is 7.16. The first kappa shape index (κ1) is 20.5. The SMILES string of the molecule is Cc1ccc2oc(C(=O)Nc3ccc(S(=O)(=O)Nc4nccc(C)n4)cc3)c(C)c2c1. The highest BCUT2D eigenvalue weighted by molar-refractivity contribution is 7.92. The lowest BCUT2D eigenvalue weighted by Gasteiger charge is -2.08. The maximum Gasteiger partial charge on any atom is 0.291 e. The van der Waals surface area contributed by atoms with Crippen molar-refractivity contribution in [1.29, 1.82) is 0 Å². The van der Waals surface area contributed by atoms with E-state index in [-0.39, 0.29) is 16.6 Å². The van der Waals surface area contributed by atoms with Crippen LogP contribution < -0.4 is 10.0 Å². The van der Waals surface area contributed by atoms with Crippen LogP contribution in [0.15, 0.2) is 64.0 Å². The van der Waals surface area contributed by atoms with Crippen molar-refractivity contribution in [1.82, 2.24) is 9.97 Å². The quantitative estimate of drug-likeness (QED) is 0.485. The van der Waals surface area contributed by atoms with Crippen molar-refractivity contribution >= 4 is 38.5 Å². The number of sulfonamides is 1. The highest BCUT2D eigenvalue weighted by Gasteiger charge is 2.19. The van der Waals surface area contributed by atoms with Crippen molar-refractivity contribution in [2.24, 2.45) is 0 Å². The average molecular weight is 436 g/mol. The molecule has 8 nitrogen and oxygen atoms in total. The Labute approximate surface area is 179 Å². The first-order valence-corrected chi connectivity index (χ1v) is 10.9. The van der Waals surface area contributed by atoms with Crippen LogP contribution in [-0.4, -0.2) is 24.3 Å². The Hall–Kier alpha value is -3.72. The highest BCUT2D eigenvalue weighted by Crippen LogP contribution is 2.27. The Morgan fingerprint density at radius 1 is 1.00 bits per heavy atom. The van der Waals surface area contributed by atoms with E-state index < -0.39 is 15.9 Å². The van der Waals surface area contributed by atoms with Crippen molar-refractivity contribution in [2.75, 3.05) is 10.0 Å². The highest BCUT2D eigenvalue weighted by atomic mass is 32.2. The third-order valence-corrected chi connectivity index (χ3v) is 6.08. The van der Waals surface area contributed by atoms with Crippen LogP contribution in [0.4, 0.5) is 11.6 Å². The second kappa shape index (κ2) is 7.84. The number of carbonyl (C=O) groups excluding carboxylic acids is 1. The van der Waals surface area contributed by atoms with Crippen LogP contribution in [0.2, 0.25) is 0 Å². The van der Waals surface area contributed by atoms with Gasteiger partial charge < -0.3 is 9.73 Å². The monoisotopic (exact) mass is 436 g/mol. The van der Waals surface area contributed by atoms with Crippen LogP contribution in [0, 0.1) is 20.8 Å². The molecule has 0 spiro atoms. The summed E-state index contributed by atoms with van der Waals surface area (Å²) < 4.78 is 33.1. The predicted molar refractivity (Wildman–Crippen MR) is 118 cm³/mol. The van der Waals surface area contributed by atoms with E-state index in [1.807, 2.05) is 32.0 Å². The fourth-order valence-electron chi connectivity index (χ4n) is 3.13. The van der Waals surface area contributed by atoms with Gasteiger partial charge in [-0.15, -0.1) is 0 Å². The zero-order chi connectivity index (χ0) is 22.2. The molecule has 0 bridgehead atoms. The molecule has 2 N–H and O–H groups in total. The summed E-state index contributed by atoms with van der Waals surface area (Å²) in [6.45, 7) is 5.54. The molecule has 0 unspecified atom stereocenters. The van der Waals surface area contributed by atoms with E-state index in [0.717, 1.165) is 16.5 Å². The minimum Gasteiger partial charge on any atom is -0.451 e. The van der Waals surface area contributed by atoms with Gasteiger partial charge >= 0.3 is 0 Å². The normalized spacial score (nSPS) is 11.5. The fraction of sp³-hybridized carbons (Fsp3) is 0.136. The molecule has 0 atom stereocenters. The Morgan fingerprint density at radius 3 is 2.45 bits per heavy atom. The van der Waals surface area contributed by atoms with Gasteiger partial charge in [-0.3, -0.25) is 4.79 Å². The summed E-state index contributed by atoms with van der Waals surface area (Å²) in [5.41, 5.74) is 3.54. The number of hydrogen-bond donors (Lipinski definition) is 2. The van der Waals surface area contributed by atoms with E-state index in [0.29, 0.717) is 17.0 Å². The van der Waals surface area contributed by atoms with Gasteiger partial charge in [-0.2, -0.15) is 0 Å². The number of aromatic nitrogens is 2. The summed E-state index contributed by atoms with van der Waals surface area (Å²) in [6, 6.07) is 13.2. The number of carbonyl (C=O) groups is 1. The average Bonchev–Trinajstić information content (AvgIpc) is 3.04. The van der Waals surface area contributed by atoms with Gasteiger partial charge in [-0.25, -0.2) is 23.1 Å². The number of rotatable bonds is 5. The maximum atomic E-state index is 12.7. The molecule has 9 heteroatoms. The van der Waals surface area contributed by atoms with Crippen LogP contribution in [0.3, 0.4) is 0 Å². The number of fused-ring (bicyclic) bond motifs is 1. The zero-order valence-electron chi connectivity index (χ0n) is 17.1. The molecule has 1 amide bonds. The van der Waals surface area contributed by atoms with Gasteiger partial charge in [0.2, 0.25) is 5.95 Å². The molecule has 0 aliphatic rings. The molecule has 4 rings (SSSR count). The molecule has 158 valence electrons. The number of nitrogens with one attached hydrogen (secondary N) is 2. The van der Waals surface area contributed by atoms with E-state index in [4.69, 9.17) is 4.42 Å². The summed E-state index contributed by atoms with van der Waals surface area (Å²) in [7, 11) is -3.86. The molecule has 0 saturated carbocycles. The lowest BCUT2D eigenvalue weighted by Crippen LogP contribution is -2.16. The van der Waals surface area contributed by atoms with Crippen molar-refractivity contribution in [3.63, 3.8) is 0 Å². The van der Waals surface area contributed by atoms with Crippen molar-refractivity contribution in [2.45, 2.75) is 25.7 Å². The summed E-state index contributed by atoms with van der Waals surface area (Å²) in [4.78, 5) is 20.7. The van der Waals surface area contributed by atoms with Crippen molar-refractivity contribution in [3.8, 4) is 0 Å². The molecule has 0 aliphatic heterocycles. The first-order valence-electron chi connectivity index (χ1n) is 9.46. The third kappa shape index (κ3) is 4.26. The lowest BCUT2D eigenvalue weighted by atomic mass is 10.1. The molecule has 0 radical (unpaired) electrons. The van der Waals surface area contributed by atoms with Crippen LogP contribution in [-0.2, 0) is 10.0 Å². The summed E-state index contributed by atoms with van der Waals surface area (Å²) in [5, 5.41) is 3.62. The van der Waals surface area contributed by atoms with Gasteiger partial charge in [0.15, 0.2) is 5.76 Å². The first-order chi connectivity index (χ1) is 14.7. The molecule has 2 aromatic heterocycles. The second-order valence-corrected chi connectivity index (χ2v) is 8.84. The zero-order valence-corrected chi connectivity index (χ0v) is 17.9. The lowest BCUT2D eigenvalue weighted by molar-refractivity contribution is 0.0998. The van der Waals surface area contributed by atoms with E-state index in [2.05, 4.69) is 20.0 Å². The summed E-state index contributed by atoms with van der Waals surface area (Å²) in [5.74, 6) is -0.197. The Morgan fingerprint density at radius 2 is 1.74 bits per heavy atom. The Balaban J connectivity index is 1.52. The number of hydrogen-bond acceptors (Lipinski definition) is 6. The van der Waals surface area contributed by atoms with E-state index in [9.17, 15) is 13.2 Å². The fourth-order valence-corrected chi connectivity index (χ4v) is 4.08. The molecule has 31 heavy (non-hydrogen) atoms. The van der Waals surface area contributed by atoms with E-state index >= 15 is 0 Å². The third-order valence-electron chi connectivity index (χ3n) is 4.74. The van der Waals surface area contributed by atoms with Gasteiger partial charge in [-0.05, 0) is 63.2 Å². The summed E-state index contributed by atoms with van der Waals surface area (Å²) in [6.07, 6.45) is 1.47. The Bertz CT molecular complexity index is 1390. The molecular formula is C22H20N4O4S. The van der Waals surface area contributed by atoms with Gasteiger partial charge in [0, 0.05) is 28.5 Å². The van der Waals surface area contributed by atoms with E-state index in [1.165, 1.54) is 30.5 Å². The van der Waals surface area contributed by atoms with Gasteiger partial charge in [0.25, 0.3) is 15.9 Å². The standard InChI is InChI=1S/C22H20N4O4S/c1-13-4-9-19-18(12-13)15(3)20(30-19)21(27)25-16-5-7-17(8-6-16)31(28,29)26-22-23-11-10-14(2)24-22/h4-12H,1-3H3,(H,25,27)(H,23,24,26). The molecular weight excluding hydrogens is 416 g/mol. The number of nitrogens with zero attached hydrogens (tertiary/aromatic N) is 2. The molecule has 0 fully saturated rings. The maximum absolute atomic E-state index is 12.7. The van der Waals surface area contributed by atoms with E-state index in [1.54, 1.807) is 13.0 Å². The number of amides is 1. The van der Waals surface area contributed by atoms with Crippen LogP contribution >= 0.6 is 0 Å². The topological polar surface area (TPSA) is 114 Å². The molecule has 0 aliphatic carbocycles. The van der Waals surface area contributed by atoms with Gasteiger partial charge in [0.1, 0.15) is 5.58 Å². The van der Waals surface area contributed by atoms with Gasteiger partial charge in [0.05, 0.1) is 4.90 Å². The van der Waals surface area contributed by atoms with Crippen molar-refractivity contribution in [3.05, 3.63) is 77.3 Å². The largest absolute Gasteiger partial charge is 0.451 e.